The molecule has 0 aromatic heterocycles. The maximum atomic E-state index is 13.0. The van der Waals surface area contributed by atoms with Crippen LogP contribution in [0.5, 0.6) is 0 Å². The molecule has 1 heterocycles. The predicted molar refractivity (Wildman–Crippen MR) is 114 cm³/mol. The summed E-state index contributed by atoms with van der Waals surface area (Å²) < 4.78 is 0.725. The first kappa shape index (κ1) is 18.8. The zero-order chi connectivity index (χ0) is 19.7. The summed E-state index contributed by atoms with van der Waals surface area (Å²) in [6.07, 6.45) is 2.25. The Bertz CT molecular complexity index is 997. The molecule has 4 rings (SSSR count). The van der Waals surface area contributed by atoms with Gasteiger partial charge in [0, 0.05) is 29.8 Å². The van der Waals surface area contributed by atoms with Gasteiger partial charge >= 0.3 is 0 Å². The average molecular weight is 411 g/mol. The predicted octanol–water partition coefficient (Wildman–Crippen LogP) is 3.51. The molecule has 0 bridgehead atoms. The van der Waals surface area contributed by atoms with Crippen LogP contribution < -0.4 is 5.32 Å². The van der Waals surface area contributed by atoms with Crippen molar-refractivity contribution in [1.82, 2.24) is 4.90 Å². The minimum atomic E-state index is -0.251. The summed E-state index contributed by atoms with van der Waals surface area (Å²) in [5, 5.41) is 2.79. The van der Waals surface area contributed by atoms with Gasteiger partial charge in [-0.15, -0.1) is 0 Å². The highest BCUT2D eigenvalue weighted by atomic mass is 32.2. The monoisotopic (exact) mass is 410 g/mol. The number of thiocarbonyl (C=S) groups is 1. The van der Waals surface area contributed by atoms with Crippen LogP contribution in [0.3, 0.4) is 0 Å². The van der Waals surface area contributed by atoms with Crippen LogP contribution in [0.2, 0.25) is 0 Å². The smallest absolute Gasteiger partial charge is 0.234 e. The number of carbonyl (C=O) groups is 3. The number of nitrogens with one attached hydrogen (secondary N) is 1. The van der Waals surface area contributed by atoms with Crippen LogP contribution in [0, 0.1) is 0 Å². The highest BCUT2D eigenvalue weighted by Crippen LogP contribution is 2.32. The molecule has 1 aliphatic heterocycles. The topological polar surface area (TPSA) is 66.5 Å². The molecule has 0 atom stereocenters. The number of amides is 1. The van der Waals surface area contributed by atoms with E-state index < -0.39 is 0 Å². The molecule has 1 aliphatic carbocycles. The van der Waals surface area contributed by atoms with E-state index in [1.165, 1.54) is 11.8 Å². The Labute approximate surface area is 172 Å². The number of benzene rings is 2. The number of thioether (sulfide) groups is 1. The van der Waals surface area contributed by atoms with E-state index in [0.29, 0.717) is 22.4 Å². The van der Waals surface area contributed by atoms with Crippen molar-refractivity contribution in [2.24, 2.45) is 0 Å². The lowest BCUT2D eigenvalue weighted by Gasteiger charge is -2.20. The van der Waals surface area contributed by atoms with E-state index >= 15 is 0 Å². The Morgan fingerprint density at radius 2 is 1.61 bits per heavy atom. The number of nitrogens with zero attached hydrogens (tertiary/aromatic N) is 1. The first-order valence-electron chi connectivity index (χ1n) is 9.09. The standard InChI is InChI=1S/C21H18N2O3S2/c24-17(12-28-21(27)23-10-3-4-11-23)22-16-9-5-8-15-18(16)20(26)14-7-2-1-6-13(14)19(15)25/h1-2,5-9H,3-4,10-12H2,(H,22,24). The average Bonchev–Trinajstić information content (AvgIpc) is 3.25. The summed E-state index contributed by atoms with van der Waals surface area (Å²) in [7, 11) is 0. The third-order valence-electron chi connectivity index (χ3n) is 4.92. The molecule has 2 aromatic rings. The molecule has 7 heteroatoms. The van der Waals surface area contributed by atoms with Gasteiger partial charge in [0.25, 0.3) is 0 Å². The van der Waals surface area contributed by atoms with Crippen LogP contribution in [0.15, 0.2) is 42.5 Å². The van der Waals surface area contributed by atoms with Gasteiger partial charge in [-0.3, -0.25) is 14.4 Å². The normalized spacial score (nSPS) is 15.2. The minimum Gasteiger partial charge on any atom is -0.358 e. The van der Waals surface area contributed by atoms with Crippen molar-refractivity contribution in [3.05, 3.63) is 64.7 Å². The molecule has 2 aromatic carbocycles. The Kier molecular flexibility index (Phi) is 5.28. The SMILES string of the molecule is O=C(CSC(=S)N1CCCC1)Nc1cccc2c1C(=O)c1ccccc1C2=O. The van der Waals surface area contributed by atoms with Crippen LogP contribution in [0.1, 0.15) is 44.7 Å². The fourth-order valence-electron chi connectivity index (χ4n) is 3.55. The summed E-state index contributed by atoms with van der Waals surface area (Å²) in [6, 6.07) is 11.7. The van der Waals surface area contributed by atoms with E-state index in [2.05, 4.69) is 10.2 Å². The van der Waals surface area contributed by atoms with E-state index in [4.69, 9.17) is 12.2 Å². The van der Waals surface area contributed by atoms with E-state index in [-0.39, 0.29) is 28.8 Å². The van der Waals surface area contributed by atoms with E-state index in [9.17, 15) is 14.4 Å². The fourth-order valence-corrected chi connectivity index (χ4v) is 4.61. The molecule has 142 valence electrons. The third-order valence-corrected chi connectivity index (χ3v) is 6.44. The van der Waals surface area contributed by atoms with Crippen molar-refractivity contribution in [2.45, 2.75) is 12.8 Å². The number of ketones is 2. The first-order chi connectivity index (χ1) is 13.6. The number of hydrogen-bond acceptors (Lipinski definition) is 5. The van der Waals surface area contributed by atoms with Crippen molar-refractivity contribution in [3.63, 3.8) is 0 Å². The Morgan fingerprint density at radius 1 is 0.964 bits per heavy atom. The van der Waals surface area contributed by atoms with Gasteiger partial charge in [0.1, 0.15) is 4.32 Å². The third kappa shape index (κ3) is 3.47. The number of rotatable bonds is 3. The molecular weight excluding hydrogens is 392 g/mol. The first-order valence-corrected chi connectivity index (χ1v) is 10.5. The summed E-state index contributed by atoms with van der Waals surface area (Å²) in [5.74, 6) is -0.538. The Balaban J connectivity index is 1.52. The molecule has 0 spiro atoms. The van der Waals surface area contributed by atoms with Crippen molar-refractivity contribution < 1.29 is 14.4 Å². The van der Waals surface area contributed by atoms with Gasteiger partial charge in [-0.1, -0.05) is 60.4 Å². The fraction of sp³-hybridized carbons (Fsp3) is 0.238. The second kappa shape index (κ2) is 7.85. The van der Waals surface area contributed by atoms with E-state index in [1.54, 1.807) is 42.5 Å². The van der Waals surface area contributed by atoms with Crippen molar-refractivity contribution >= 4 is 51.5 Å². The molecule has 1 N–H and O–H groups in total. The molecule has 5 nitrogen and oxygen atoms in total. The molecule has 1 saturated heterocycles. The largest absolute Gasteiger partial charge is 0.358 e. The van der Waals surface area contributed by atoms with Crippen LogP contribution in [-0.2, 0) is 4.79 Å². The summed E-state index contributed by atoms with van der Waals surface area (Å²) in [6.45, 7) is 1.88. The number of anilines is 1. The maximum Gasteiger partial charge on any atom is 0.234 e. The minimum absolute atomic E-state index is 0.164. The van der Waals surface area contributed by atoms with Crippen molar-refractivity contribution in [1.29, 1.82) is 0 Å². The quantitative estimate of drug-likeness (QED) is 0.667. The lowest BCUT2D eigenvalue weighted by atomic mass is 9.83. The van der Waals surface area contributed by atoms with Crippen LogP contribution in [-0.4, -0.2) is 45.5 Å². The molecular formula is C21H18N2O3S2. The molecule has 0 saturated carbocycles. The zero-order valence-electron chi connectivity index (χ0n) is 15.1. The van der Waals surface area contributed by atoms with Crippen LogP contribution >= 0.6 is 24.0 Å². The summed E-state index contributed by atoms with van der Waals surface area (Å²) >= 11 is 6.70. The molecule has 1 amide bonds. The highest BCUT2D eigenvalue weighted by molar-refractivity contribution is 8.23. The van der Waals surface area contributed by atoms with Crippen molar-refractivity contribution in [3.8, 4) is 0 Å². The van der Waals surface area contributed by atoms with Gasteiger partial charge < -0.3 is 10.2 Å². The van der Waals surface area contributed by atoms with Gasteiger partial charge in [-0.05, 0) is 18.9 Å². The lowest BCUT2D eigenvalue weighted by Crippen LogP contribution is -2.26. The summed E-state index contributed by atoms with van der Waals surface area (Å²) in [4.78, 5) is 40.3. The van der Waals surface area contributed by atoms with Crippen LogP contribution in [0.25, 0.3) is 0 Å². The lowest BCUT2D eigenvalue weighted by molar-refractivity contribution is -0.113. The molecule has 2 aliphatic rings. The van der Waals surface area contributed by atoms with Crippen LogP contribution in [0.4, 0.5) is 5.69 Å². The van der Waals surface area contributed by atoms with E-state index in [0.717, 1.165) is 30.3 Å². The molecule has 1 fully saturated rings. The number of likely N-dealkylation sites (tertiary alicyclic amines) is 1. The molecule has 28 heavy (non-hydrogen) atoms. The number of hydrogen-bond donors (Lipinski definition) is 1. The second-order valence-corrected chi connectivity index (χ2v) is 8.34. The molecule has 0 radical (unpaired) electrons. The van der Waals surface area contributed by atoms with Gasteiger partial charge in [-0.2, -0.15) is 0 Å². The van der Waals surface area contributed by atoms with E-state index in [1.807, 2.05) is 0 Å². The maximum absolute atomic E-state index is 13.0. The Morgan fingerprint density at radius 3 is 2.32 bits per heavy atom. The van der Waals surface area contributed by atoms with Crippen molar-refractivity contribution in [2.75, 3.05) is 24.2 Å². The second-order valence-electron chi connectivity index (χ2n) is 6.73. The molecule has 0 unspecified atom stereocenters. The number of carbonyl (C=O) groups excluding carboxylic acids is 3. The highest BCUT2D eigenvalue weighted by Gasteiger charge is 2.31. The van der Waals surface area contributed by atoms with Gasteiger partial charge in [-0.25, -0.2) is 0 Å². The van der Waals surface area contributed by atoms with Gasteiger partial charge in [0.15, 0.2) is 11.6 Å². The van der Waals surface area contributed by atoms with Gasteiger partial charge in [0.05, 0.1) is 17.0 Å². The number of fused-ring (bicyclic) bond motifs is 2. The Hall–Kier alpha value is -2.51. The summed E-state index contributed by atoms with van der Waals surface area (Å²) in [5.41, 5.74) is 1.71. The zero-order valence-corrected chi connectivity index (χ0v) is 16.7. The van der Waals surface area contributed by atoms with Gasteiger partial charge in [0.2, 0.25) is 5.91 Å².